The fourth-order valence-electron chi connectivity index (χ4n) is 4.63. The van der Waals surface area contributed by atoms with E-state index in [4.69, 9.17) is 4.74 Å². The minimum Gasteiger partial charge on any atom is -0.435 e. The van der Waals surface area contributed by atoms with Gasteiger partial charge in [-0.3, -0.25) is 4.79 Å². The van der Waals surface area contributed by atoms with E-state index in [9.17, 15) is 9.90 Å². The molecule has 1 saturated heterocycles. The Labute approximate surface area is 122 Å². The molecule has 1 fully saturated rings. The second-order valence-electron chi connectivity index (χ2n) is 6.14. The van der Waals surface area contributed by atoms with Crippen LogP contribution in [0.15, 0.2) is 48.5 Å². The van der Waals surface area contributed by atoms with Gasteiger partial charge < -0.3 is 9.84 Å². The lowest BCUT2D eigenvalue weighted by molar-refractivity contribution is -0.157. The highest BCUT2D eigenvalue weighted by molar-refractivity contribution is 5.80. The summed E-state index contributed by atoms with van der Waals surface area (Å²) in [5.74, 6) is -0.612. The molecule has 3 nitrogen and oxygen atoms in total. The number of rotatable bonds is 0. The predicted molar refractivity (Wildman–Crippen MR) is 75.6 cm³/mol. The molecule has 0 radical (unpaired) electrons. The third kappa shape index (κ3) is 1.26. The minimum atomic E-state index is -0.989. The quantitative estimate of drug-likeness (QED) is 0.753. The van der Waals surface area contributed by atoms with Crippen LogP contribution in [-0.2, 0) is 9.53 Å². The van der Waals surface area contributed by atoms with E-state index < -0.39 is 6.29 Å². The molecule has 1 N–H and O–H groups in total. The Morgan fingerprint density at radius 1 is 0.810 bits per heavy atom. The Morgan fingerprint density at radius 2 is 1.29 bits per heavy atom. The molecule has 6 rings (SSSR count). The summed E-state index contributed by atoms with van der Waals surface area (Å²) in [7, 11) is 0. The minimum absolute atomic E-state index is 0.0112. The molecule has 3 unspecified atom stereocenters. The highest BCUT2D eigenvalue weighted by Gasteiger charge is 2.59. The van der Waals surface area contributed by atoms with Gasteiger partial charge in [-0.25, -0.2) is 0 Å². The van der Waals surface area contributed by atoms with Crippen LogP contribution < -0.4 is 0 Å². The Bertz CT molecular complexity index is 719. The van der Waals surface area contributed by atoms with E-state index in [2.05, 4.69) is 24.3 Å². The third-order valence-electron chi connectivity index (χ3n) is 5.33. The molecule has 3 aliphatic carbocycles. The molecule has 3 heteroatoms. The van der Waals surface area contributed by atoms with Crippen molar-refractivity contribution >= 4 is 5.97 Å². The van der Waals surface area contributed by atoms with Gasteiger partial charge >= 0.3 is 5.97 Å². The zero-order chi connectivity index (χ0) is 14.1. The average Bonchev–Trinajstić information content (AvgIpc) is 2.83. The maximum Gasteiger partial charge on any atom is 0.312 e. The lowest BCUT2D eigenvalue weighted by Crippen LogP contribution is -2.42. The van der Waals surface area contributed by atoms with E-state index in [1.54, 1.807) is 0 Å². The fraction of sp³-hybridized carbons (Fsp3) is 0.278. The number of hydrogen-bond acceptors (Lipinski definition) is 3. The molecule has 2 aromatic rings. The molecular formula is C18H14O3. The molecule has 1 aliphatic heterocycles. The Balaban J connectivity index is 1.86. The number of carbonyl (C=O) groups is 1. The number of carbonyl (C=O) groups excluding carboxylic acids is 1. The van der Waals surface area contributed by atoms with Crippen molar-refractivity contribution in [3.63, 3.8) is 0 Å². The normalized spacial score (nSPS) is 34.9. The first kappa shape index (κ1) is 11.5. The maximum absolute atomic E-state index is 12.2. The van der Waals surface area contributed by atoms with Crippen LogP contribution >= 0.6 is 0 Å². The smallest absolute Gasteiger partial charge is 0.312 e. The Morgan fingerprint density at radius 3 is 1.81 bits per heavy atom. The molecule has 2 aromatic carbocycles. The number of cyclic esters (lactones) is 1. The zero-order valence-electron chi connectivity index (χ0n) is 11.3. The second-order valence-corrected chi connectivity index (χ2v) is 6.14. The summed E-state index contributed by atoms with van der Waals surface area (Å²) >= 11 is 0. The van der Waals surface area contributed by atoms with Crippen molar-refractivity contribution in [3.05, 3.63) is 70.8 Å². The van der Waals surface area contributed by atoms with Crippen LogP contribution in [0.2, 0.25) is 0 Å². The standard InChI is InChI=1S/C18H14O3/c19-17-15-13-9-5-1-2-6-10(9)14(16(15)18(20)21-17)12-8-4-3-7-11(12)13/h1-8,13-17,19H. The van der Waals surface area contributed by atoms with Gasteiger partial charge in [-0.1, -0.05) is 48.5 Å². The first-order valence-corrected chi connectivity index (χ1v) is 7.33. The summed E-state index contributed by atoms with van der Waals surface area (Å²) in [4.78, 5) is 12.2. The molecule has 0 amide bonds. The van der Waals surface area contributed by atoms with Crippen LogP contribution in [0, 0.1) is 11.8 Å². The lowest BCUT2D eigenvalue weighted by atomic mass is 9.55. The third-order valence-corrected chi connectivity index (χ3v) is 5.33. The van der Waals surface area contributed by atoms with Crippen molar-refractivity contribution in [2.24, 2.45) is 11.8 Å². The second kappa shape index (κ2) is 3.74. The molecule has 4 aliphatic rings. The van der Waals surface area contributed by atoms with Crippen molar-refractivity contribution < 1.29 is 14.6 Å². The summed E-state index contributed by atoms with van der Waals surface area (Å²) in [5.41, 5.74) is 4.90. The van der Waals surface area contributed by atoms with Crippen molar-refractivity contribution in [2.75, 3.05) is 0 Å². The number of aliphatic hydroxyl groups excluding tert-OH is 1. The Kier molecular flexibility index (Phi) is 2.05. The molecular weight excluding hydrogens is 264 g/mol. The van der Waals surface area contributed by atoms with Crippen molar-refractivity contribution in [1.29, 1.82) is 0 Å². The van der Waals surface area contributed by atoms with E-state index >= 15 is 0 Å². The van der Waals surface area contributed by atoms with Crippen LogP contribution in [0.25, 0.3) is 0 Å². The van der Waals surface area contributed by atoms with Gasteiger partial charge in [0.05, 0.1) is 5.92 Å². The van der Waals surface area contributed by atoms with Gasteiger partial charge in [-0.05, 0) is 22.3 Å². The van der Waals surface area contributed by atoms with Crippen molar-refractivity contribution in [3.8, 4) is 0 Å². The van der Waals surface area contributed by atoms with Crippen LogP contribution in [0.1, 0.15) is 34.1 Å². The average molecular weight is 278 g/mol. The van der Waals surface area contributed by atoms with Gasteiger partial charge in [0.25, 0.3) is 0 Å². The monoisotopic (exact) mass is 278 g/mol. The predicted octanol–water partition coefficient (Wildman–Crippen LogP) is 2.39. The van der Waals surface area contributed by atoms with Crippen LogP contribution in [-0.4, -0.2) is 17.4 Å². The number of benzene rings is 2. The molecule has 1 heterocycles. The fourth-order valence-corrected chi connectivity index (χ4v) is 4.63. The van der Waals surface area contributed by atoms with Gasteiger partial charge in [0, 0.05) is 17.8 Å². The van der Waals surface area contributed by atoms with E-state index in [1.165, 1.54) is 22.3 Å². The van der Waals surface area contributed by atoms with E-state index in [0.29, 0.717) is 0 Å². The van der Waals surface area contributed by atoms with Gasteiger partial charge in [0.15, 0.2) is 0 Å². The molecule has 3 atom stereocenters. The summed E-state index contributed by atoms with van der Waals surface area (Å²) in [5, 5.41) is 10.2. The number of aliphatic hydroxyl groups is 1. The van der Waals surface area contributed by atoms with Gasteiger partial charge in [0.2, 0.25) is 6.29 Å². The van der Waals surface area contributed by atoms with Crippen LogP contribution in [0.5, 0.6) is 0 Å². The first-order valence-electron chi connectivity index (χ1n) is 7.33. The lowest BCUT2D eigenvalue weighted by Gasteiger charge is -2.46. The highest BCUT2D eigenvalue weighted by atomic mass is 16.6. The van der Waals surface area contributed by atoms with Crippen LogP contribution in [0.4, 0.5) is 0 Å². The number of hydrogen-bond donors (Lipinski definition) is 1. The number of esters is 1. The summed E-state index contributed by atoms with van der Waals surface area (Å²) in [6.07, 6.45) is -0.989. The van der Waals surface area contributed by atoms with Crippen LogP contribution in [0.3, 0.4) is 0 Å². The largest absolute Gasteiger partial charge is 0.435 e. The van der Waals surface area contributed by atoms with E-state index in [0.717, 1.165) is 0 Å². The molecule has 0 saturated carbocycles. The van der Waals surface area contributed by atoms with E-state index in [1.807, 2.05) is 24.3 Å². The Hall–Kier alpha value is -2.13. The van der Waals surface area contributed by atoms with Crippen molar-refractivity contribution in [2.45, 2.75) is 18.1 Å². The zero-order valence-corrected chi connectivity index (χ0v) is 11.3. The molecule has 2 bridgehead atoms. The SMILES string of the molecule is O=C1OC(O)C2C3c4ccccc4C(c4ccccc43)C12. The maximum atomic E-state index is 12.2. The first-order chi connectivity index (χ1) is 10.3. The summed E-state index contributed by atoms with van der Waals surface area (Å²) in [6.45, 7) is 0. The molecule has 0 spiro atoms. The topological polar surface area (TPSA) is 46.5 Å². The highest BCUT2D eigenvalue weighted by Crippen LogP contribution is 2.61. The summed E-state index contributed by atoms with van der Waals surface area (Å²) in [6, 6.07) is 16.6. The number of ether oxygens (including phenoxy) is 1. The summed E-state index contributed by atoms with van der Waals surface area (Å²) < 4.78 is 5.17. The molecule has 104 valence electrons. The van der Waals surface area contributed by atoms with Crippen molar-refractivity contribution in [1.82, 2.24) is 0 Å². The van der Waals surface area contributed by atoms with Gasteiger partial charge in [0.1, 0.15) is 0 Å². The van der Waals surface area contributed by atoms with Gasteiger partial charge in [-0.2, -0.15) is 0 Å². The van der Waals surface area contributed by atoms with E-state index in [-0.39, 0.29) is 29.6 Å². The molecule has 21 heavy (non-hydrogen) atoms. The molecule has 0 aromatic heterocycles. The van der Waals surface area contributed by atoms with Gasteiger partial charge in [-0.15, -0.1) is 0 Å².